The number of rotatable bonds is 66. The number of unbranched alkanes of at least 4 members (excludes halogenated alkanes) is 29. The van der Waals surface area contributed by atoms with Crippen LogP contribution in [0.4, 0.5) is 0 Å². The smallest absolute Gasteiger partial charge is 0.268 e. The highest BCUT2D eigenvalue weighted by Crippen LogP contribution is 2.38. The van der Waals surface area contributed by atoms with Crippen molar-refractivity contribution >= 4 is 13.7 Å². The van der Waals surface area contributed by atoms with Gasteiger partial charge in [0.1, 0.15) is 13.2 Å². The van der Waals surface area contributed by atoms with E-state index in [4.69, 9.17) is 9.05 Å². The van der Waals surface area contributed by atoms with Gasteiger partial charge in [-0.3, -0.25) is 9.36 Å². The van der Waals surface area contributed by atoms with Crippen molar-refractivity contribution in [3.05, 3.63) is 158 Å². The molecule has 0 saturated carbocycles. The lowest BCUT2D eigenvalue weighted by Gasteiger charge is -2.29. The molecule has 0 heterocycles. The molecule has 0 saturated heterocycles. The predicted molar refractivity (Wildman–Crippen MR) is 394 cm³/mol. The monoisotopic (exact) mass is 1270 g/mol. The van der Waals surface area contributed by atoms with Gasteiger partial charge in [-0.2, -0.15) is 0 Å². The van der Waals surface area contributed by atoms with E-state index >= 15 is 0 Å². The summed E-state index contributed by atoms with van der Waals surface area (Å²) in [5.74, 6) is -0.243. The maximum atomic E-state index is 13.0. The van der Waals surface area contributed by atoms with Crippen molar-refractivity contribution in [2.75, 3.05) is 40.9 Å². The molecule has 0 aliphatic carbocycles. The van der Waals surface area contributed by atoms with Crippen LogP contribution in [0.2, 0.25) is 0 Å². The first-order valence-corrected chi connectivity index (χ1v) is 38.3. The SMILES string of the molecule is CC/C=C\C/C=C\C/C=C\C/C=C\C/C=C\C/C=C\C/C=C\C/C=C\C/C=C\C/C=C\C/C=C\CCCCCC(=O)NC(COP(=O)([O-])OCC[N+](C)(C)C)C(O)/C=C/CC/C=C/CCCCCCCCCCCCCCCCCCCCCCCCCCC. The molecule has 0 aliphatic heterocycles. The van der Waals surface area contributed by atoms with Gasteiger partial charge in [0.25, 0.3) is 7.82 Å². The summed E-state index contributed by atoms with van der Waals surface area (Å²) < 4.78 is 23.4. The lowest BCUT2D eigenvalue weighted by molar-refractivity contribution is -0.870. The third-order valence-electron chi connectivity index (χ3n) is 15.7. The molecular weight excluding hydrogens is 1130 g/mol. The van der Waals surface area contributed by atoms with Crippen LogP contribution >= 0.6 is 7.82 Å². The summed E-state index contributed by atoms with van der Waals surface area (Å²) in [4.78, 5) is 25.6. The second-order valence-electron chi connectivity index (χ2n) is 25.6. The van der Waals surface area contributed by atoms with Crippen LogP contribution in [0.3, 0.4) is 0 Å². The Bertz CT molecular complexity index is 2030. The topological polar surface area (TPSA) is 108 Å². The highest BCUT2D eigenvalue weighted by atomic mass is 31.2. The first kappa shape index (κ1) is 86.1. The standard InChI is InChI=1S/C81H139N2O6P/c1-6-8-10-12-14-16-18-20-22-24-26-28-30-32-34-36-38-39-40-41-42-43-45-47-49-51-53-55-57-59-61-63-65-67-69-71-73-75-81(85)82-79(78-89-90(86,87)88-77-76-83(3,4)5)80(84)74-72-70-68-66-64-62-60-58-56-54-52-50-48-46-44-37-35-33-31-29-27-25-23-21-19-17-15-13-11-9-7-2/h8,10,14,16,20,22,26,28,32,34,38-39,41-42,45,47,51,53,57,59,63-66,72,74,79-80,84H,6-7,9,11-13,15,17-19,21,23-25,27,29-31,33,35-37,40,43-44,46,48-50,52,54-56,58,60-62,67-71,73,75-78H2,1-5H3,(H-,82,85,86,87)/b10-8-,16-14-,22-20-,28-26-,34-32-,39-38-,42-41-,47-45-,53-51-,59-57-,65-63-,66-64+,74-72+. The molecular formula is C81H139N2O6P. The maximum Gasteiger partial charge on any atom is 0.268 e. The quantitative estimate of drug-likeness (QED) is 0.0272. The summed E-state index contributed by atoms with van der Waals surface area (Å²) in [6.45, 7) is 4.50. The fourth-order valence-electron chi connectivity index (χ4n) is 10.1. The average Bonchev–Trinajstić information content (AvgIpc) is 3.18. The van der Waals surface area contributed by atoms with Crippen molar-refractivity contribution < 1.29 is 32.9 Å². The molecule has 1 amide bonds. The zero-order chi connectivity index (χ0) is 65.5. The van der Waals surface area contributed by atoms with Gasteiger partial charge in [0.2, 0.25) is 5.91 Å². The first-order valence-electron chi connectivity index (χ1n) is 36.8. The zero-order valence-corrected chi connectivity index (χ0v) is 59.7. The van der Waals surface area contributed by atoms with Crippen molar-refractivity contribution in [1.29, 1.82) is 0 Å². The molecule has 2 N–H and O–H groups in total. The molecule has 0 radical (unpaired) electrons. The number of nitrogens with one attached hydrogen (secondary N) is 1. The van der Waals surface area contributed by atoms with Crippen molar-refractivity contribution in [2.24, 2.45) is 0 Å². The molecule has 90 heavy (non-hydrogen) atoms. The van der Waals surface area contributed by atoms with Crippen LogP contribution in [0.25, 0.3) is 0 Å². The van der Waals surface area contributed by atoms with Crippen molar-refractivity contribution in [2.45, 2.75) is 309 Å². The second-order valence-corrected chi connectivity index (χ2v) is 27.0. The molecule has 0 spiro atoms. The number of quaternary nitrogens is 1. The van der Waals surface area contributed by atoms with E-state index in [1.807, 2.05) is 27.2 Å². The lowest BCUT2D eigenvalue weighted by atomic mass is 10.0. The number of carbonyl (C=O) groups is 1. The Morgan fingerprint density at radius 2 is 0.689 bits per heavy atom. The van der Waals surface area contributed by atoms with Crippen LogP contribution in [0, 0.1) is 0 Å². The molecule has 0 fully saturated rings. The Morgan fingerprint density at radius 3 is 1.03 bits per heavy atom. The molecule has 0 aromatic heterocycles. The summed E-state index contributed by atoms with van der Waals surface area (Å²) in [5.41, 5.74) is 0. The van der Waals surface area contributed by atoms with Gasteiger partial charge in [0.15, 0.2) is 0 Å². The van der Waals surface area contributed by atoms with Gasteiger partial charge in [-0.1, -0.05) is 332 Å². The van der Waals surface area contributed by atoms with Crippen molar-refractivity contribution in [3.8, 4) is 0 Å². The number of likely N-dealkylation sites (N-methyl/N-ethyl adjacent to an activating group) is 1. The minimum atomic E-state index is -4.64. The van der Waals surface area contributed by atoms with E-state index in [1.165, 1.54) is 161 Å². The molecule has 0 bridgehead atoms. The van der Waals surface area contributed by atoms with E-state index in [2.05, 4.69) is 165 Å². The Kier molecular flexibility index (Phi) is 66.5. The van der Waals surface area contributed by atoms with Gasteiger partial charge >= 0.3 is 0 Å². The number of carbonyl (C=O) groups excluding carboxylic acids is 1. The summed E-state index contributed by atoms with van der Waals surface area (Å²) in [7, 11) is 1.20. The minimum Gasteiger partial charge on any atom is -0.756 e. The normalized spacial score (nSPS) is 14.5. The summed E-state index contributed by atoms with van der Waals surface area (Å²) in [6, 6.07) is -0.936. The third kappa shape index (κ3) is 71.6. The summed E-state index contributed by atoms with van der Waals surface area (Å²) >= 11 is 0. The lowest BCUT2D eigenvalue weighted by Crippen LogP contribution is -2.45. The van der Waals surface area contributed by atoms with E-state index in [0.717, 1.165) is 109 Å². The van der Waals surface area contributed by atoms with Crippen LogP contribution in [0.1, 0.15) is 296 Å². The molecule has 9 heteroatoms. The number of nitrogens with zero attached hydrogens (tertiary/aromatic N) is 1. The van der Waals surface area contributed by atoms with Gasteiger partial charge < -0.3 is 28.8 Å². The van der Waals surface area contributed by atoms with Crippen molar-refractivity contribution in [3.63, 3.8) is 0 Å². The average molecular weight is 1270 g/mol. The number of hydrogen-bond acceptors (Lipinski definition) is 6. The Morgan fingerprint density at radius 1 is 0.400 bits per heavy atom. The number of aliphatic hydroxyl groups excluding tert-OH is 1. The number of amides is 1. The molecule has 514 valence electrons. The van der Waals surface area contributed by atoms with E-state index in [-0.39, 0.29) is 18.9 Å². The molecule has 8 nitrogen and oxygen atoms in total. The van der Waals surface area contributed by atoms with Crippen LogP contribution < -0.4 is 10.2 Å². The van der Waals surface area contributed by atoms with Gasteiger partial charge in [-0.25, -0.2) is 0 Å². The maximum absolute atomic E-state index is 13.0. The number of phosphoric ester groups is 1. The fourth-order valence-corrected chi connectivity index (χ4v) is 10.8. The first-order chi connectivity index (χ1) is 44.0. The van der Waals surface area contributed by atoms with E-state index in [0.29, 0.717) is 17.4 Å². The molecule has 0 aromatic rings. The zero-order valence-electron chi connectivity index (χ0n) is 58.8. The van der Waals surface area contributed by atoms with E-state index in [9.17, 15) is 19.4 Å². The molecule has 0 rings (SSSR count). The van der Waals surface area contributed by atoms with Crippen LogP contribution in [-0.2, 0) is 18.4 Å². The van der Waals surface area contributed by atoms with Gasteiger partial charge in [-0.05, 0) is 116 Å². The second kappa shape index (κ2) is 69.5. The number of aliphatic hydroxyl groups is 1. The number of hydrogen-bond donors (Lipinski definition) is 2. The van der Waals surface area contributed by atoms with Gasteiger partial charge in [0, 0.05) is 6.42 Å². The molecule has 0 aliphatic rings. The minimum absolute atomic E-state index is 0.0216. The van der Waals surface area contributed by atoms with E-state index < -0.39 is 26.6 Å². The molecule has 0 aromatic carbocycles. The van der Waals surface area contributed by atoms with Crippen LogP contribution in [0.15, 0.2) is 158 Å². The summed E-state index contributed by atoms with van der Waals surface area (Å²) in [5, 5.41) is 13.9. The Hall–Kier alpha value is -3.88. The van der Waals surface area contributed by atoms with Gasteiger partial charge in [-0.15, -0.1) is 0 Å². The molecule has 3 atom stereocenters. The predicted octanol–water partition coefficient (Wildman–Crippen LogP) is 23.5. The van der Waals surface area contributed by atoms with Crippen LogP contribution in [-0.4, -0.2) is 68.5 Å². The fraction of sp³-hybridized carbons (Fsp3) is 0.667. The number of phosphoric acid groups is 1. The Labute approximate surface area is 556 Å². The molecule has 3 unspecified atom stereocenters. The van der Waals surface area contributed by atoms with Gasteiger partial charge in [0.05, 0.1) is 39.9 Å². The van der Waals surface area contributed by atoms with Crippen molar-refractivity contribution in [1.82, 2.24) is 5.32 Å². The summed E-state index contributed by atoms with van der Waals surface area (Å²) in [6.07, 6.45) is 108. The highest BCUT2D eigenvalue weighted by molar-refractivity contribution is 7.45. The van der Waals surface area contributed by atoms with E-state index in [1.54, 1.807) is 6.08 Å². The third-order valence-corrected chi connectivity index (χ3v) is 16.7. The highest BCUT2D eigenvalue weighted by Gasteiger charge is 2.23. The van der Waals surface area contributed by atoms with Crippen LogP contribution in [0.5, 0.6) is 0 Å². The number of allylic oxidation sites excluding steroid dienone is 25. The Balaban J connectivity index is 4.23. The largest absolute Gasteiger partial charge is 0.756 e.